The zero-order valence-electron chi connectivity index (χ0n) is 23.5. The molecule has 1 aliphatic rings. The molecule has 1 N–H and O–H groups in total. The minimum absolute atomic E-state index is 0.0788. The molecular formula is C33H38N2O5. The summed E-state index contributed by atoms with van der Waals surface area (Å²) in [7, 11) is 0. The average molecular weight is 543 g/mol. The summed E-state index contributed by atoms with van der Waals surface area (Å²) >= 11 is 0. The van der Waals surface area contributed by atoms with Gasteiger partial charge in [-0.25, -0.2) is 0 Å². The van der Waals surface area contributed by atoms with E-state index in [2.05, 4.69) is 18.7 Å². The van der Waals surface area contributed by atoms with Crippen LogP contribution in [0.4, 0.5) is 0 Å². The highest BCUT2D eigenvalue weighted by Gasteiger charge is 2.46. The molecule has 0 aromatic heterocycles. The largest absolute Gasteiger partial charge is 0.507 e. The molecule has 3 aromatic rings. The van der Waals surface area contributed by atoms with E-state index in [1.54, 1.807) is 29.2 Å². The highest BCUT2D eigenvalue weighted by atomic mass is 16.5. The SMILES string of the molecule is CCCOc1cccc(/C(O)=C2\C(=O)C(=O)N(CCN(CC)CC)C2c2ccc(OCc3ccccc3)cc2)c1. The van der Waals surface area contributed by atoms with Gasteiger partial charge in [-0.3, -0.25) is 9.59 Å². The Hall–Kier alpha value is -4.10. The van der Waals surface area contributed by atoms with Gasteiger partial charge in [0.1, 0.15) is 23.9 Å². The van der Waals surface area contributed by atoms with Crippen LogP contribution in [0.15, 0.2) is 84.4 Å². The molecular weight excluding hydrogens is 504 g/mol. The molecule has 7 heteroatoms. The van der Waals surface area contributed by atoms with Crippen molar-refractivity contribution in [3.63, 3.8) is 0 Å². The summed E-state index contributed by atoms with van der Waals surface area (Å²) < 4.78 is 11.7. The Balaban J connectivity index is 1.68. The number of likely N-dealkylation sites (tertiary alicyclic amines) is 1. The van der Waals surface area contributed by atoms with Gasteiger partial charge in [-0.05, 0) is 54.9 Å². The monoisotopic (exact) mass is 542 g/mol. The number of ether oxygens (including phenoxy) is 2. The van der Waals surface area contributed by atoms with Gasteiger partial charge in [-0.15, -0.1) is 0 Å². The Morgan fingerprint density at radius 3 is 2.27 bits per heavy atom. The number of benzene rings is 3. The number of likely N-dealkylation sites (N-methyl/N-ethyl adjacent to an activating group) is 1. The molecule has 0 saturated carbocycles. The van der Waals surface area contributed by atoms with Crippen molar-refractivity contribution in [1.82, 2.24) is 9.80 Å². The predicted octanol–water partition coefficient (Wildman–Crippen LogP) is 5.82. The lowest BCUT2D eigenvalue weighted by Gasteiger charge is -2.28. The van der Waals surface area contributed by atoms with E-state index in [4.69, 9.17) is 9.47 Å². The van der Waals surface area contributed by atoms with Crippen LogP contribution in [0, 0.1) is 0 Å². The van der Waals surface area contributed by atoms with Crippen molar-refractivity contribution in [3.05, 3.63) is 101 Å². The summed E-state index contributed by atoms with van der Waals surface area (Å²) in [5.41, 5.74) is 2.30. The van der Waals surface area contributed by atoms with Crippen LogP contribution in [0.5, 0.6) is 11.5 Å². The topological polar surface area (TPSA) is 79.3 Å². The maximum absolute atomic E-state index is 13.4. The van der Waals surface area contributed by atoms with Gasteiger partial charge in [0, 0.05) is 18.7 Å². The van der Waals surface area contributed by atoms with E-state index in [0.29, 0.717) is 43.4 Å². The zero-order valence-corrected chi connectivity index (χ0v) is 23.5. The quantitative estimate of drug-likeness (QED) is 0.167. The molecule has 3 aromatic carbocycles. The van der Waals surface area contributed by atoms with Crippen LogP contribution in [0.3, 0.4) is 0 Å². The van der Waals surface area contributed by atoms with E-state index >= 15 is 0 Å². The van der Waals surface area contributed by atoms with Gasteiger partial charge in [0.25, 0.3) is 11.7 Å². The van der Waals surface area contributed by atoms with Gasteiger partial charge < -0.3 is 24.4 Å². The second-order valence-electron chi connectivity index (χ2n) is 9.74. The van der Waals surface area contributed by atoms with Crippen LogP contribution in [0.1, 0.15) is 49.9 Å². The molecule has 210 valence electrons. The van der Waals surface area contributed by atoms with E-state index in [9.17, 15) is 14.7 Å². The summed E-state index contributed by atoms with van der Waals surface area (Å²) in [5, 5.41) is 11.4. The van der Waals surface area contributed by atoms with E-state index in [1.165, 1.54) is 0 Å². The highest BCUT2D eigenvalue weighted by Crippen LogP contribution is 2.40. The van der Waals surface area contributed by atoms with Crippen LogP contribution < -0.4 is 9.47 Å². The molecule has 1 unspecified atom stereocenters. The Morgan fingerprint density at radius 1 is 0.875 bits per heavy atom. The van der Waals surface area contributed by atoms with Crippen LogP contribution in [-0.4, -0.2) is 59.4 Å². The average Bonchev–Trinajstić information content (AvgIpc) is 3.25. The number of amides is 1. The molecule has 0 spiro atoms. The van der Waals surface area contributed by atoms with Crippen molar-refractivity contribution in [2.24, 2.45) is 0 Å². The minimum Gasteiger partial charge on any atom is -0.507 e. The summed E-state index contributed by atoms with van der Waals surface area (Å²) in [6.07, 6.45) is 0.846. The standard InChI is InChI=1S/C33H38N2O5/c1-4-21-39-28-14-10-13-26(22-28)31(36)29-30(35(33(38)32(29)37)20-19-34(5-2)6-3)25-15-17-27(18-16-25)40-23-24-11-8-7-9-12-24/h7-18,22,30,36H,4-6,19-21,23H2,1-3H3/b31-29+. The molecule has 4 rings (SSSR count). The first kappa shape index (κ1) is 28.9. The molecule has 1 aliphatic heterocycles. The lowest BCUT2D eigenvalue weighted by molar-refractivity contribution is -0.140. The minimum atomic E-state index is -0.723. The second-order valence-corrected chi connectivity index (χ2v) is 9.74. The van der Waals surface area contributed by atoms with Crippen molar-refractivity contribution in [2.45, 2.75) is 39.8 Å². The van der Waals surface area contributed by atoms with Crippen LogP contribution in [0.2, 0.25) is 0 Å². The Morgan fingerprint density at radius 2 is 1.60 bits per heavy atom. The molecule has 1 saturated heterocycles. The summed E-state index contributed by atoms with van der Waals surface area (Å²) in [6.45, 7) is 9.77. The maximum atomic E-state index is 13.4. The van der Waals surface area contributed by atoms with Gasteiger partial charge in [0.05, 0.1) is 18.2 Å². The first-order chi connectivity index (χ1) is 19.5. The maximum Gasteiger partial charge on any atom is 0.295 e. The van der Waals surface area contributed by atoms with Crippen molar-refractivity contribution >= 4 is 17.4 Å². The summed E-state index contributed by atoms with van der Waals surface area (Å²) in [6, 6.07) is 23.5. The fraction of sp³-hybridized carbons (Fsp3) is 0.333. The Labute approximate surface area is 236 Å². The van der Waals surface area contributed by atoms with Gasteiger partial charge >= 0.3 is 0 Å². The number of carbonyl (C=O) groups is 2. The smallest absolute Gasteiger partial charge is 0.295 e. The molecule has 0 aliphatic carbocycles. The number of nitrogens with zero attached hydrogens (tertiary/aromatic N) is 2. The van der Waals surface area contributed by atoms with E-state index in [-0.39, 0.29) is 11.3 Å². The lowest BCUT2D eigenvalue weighted by atomic mass is 9.95. The van der Waals surface area contributed by atoms with Gasteiger partial charge in [-0.2, -0.15) is 0 Å². The molecule has 1 fully saturated rings. The first-order valence-corrected chi connectivity index (χ1v) is 14.0. The van der Waals surface area contributed by atoms with E-state index in [0.717, 1.165) is 30.6 Å². The number of ketones is 1. The van der Waals surface area contributed by atoms with Gasteiger partial charge in [0.15, 0.2) is 0 Å². The molecule has 0 radical (unpaired) electrons. The fourth-order valence-electron chi connectivity index (χ4n) is 4.84. The van der Waals surface area contributed by atoms with Crippen molar-refractivity contribution in [3.8, 4) is 11.5 Å². The van der Waals surface area contributed by atoms with E-state index < -0.39 is 17.7 Å². The third kappa shape index (κ3) is 6.72. The molecule has 0 bridgehead atoms. The summed E-state index contributed by atoms with van der Waals surface area (Å²) in [4.78, 5) is 30.5. The van der Waals surface area contributed by atoms with Crippen molar-refractivity contribution in [1.29, 1.82) is 0 Å². The third-order valence-corrected chi connectivity index (χ3v) is 7.12. The fourth-order valence-corrected chi connectivity index (χ4v) is 4.84. The zero-order chi connectivity index (χ0) is 28.5. The number of hydrogen-bond donors (Lipinski definition) is 1. The molecule has 1 amide bonds. The molecule has 1 atom stereocenters. The highest BCUT2D eigenvalue weighted by molar-refractivity contribution is 6.46. The molecule has 1 heterocycles. The van der Waals surface area contributed by atoms with Crippen LogP contribution >= 0.6 is 0 Å². The number of hydrogen-bond acceptors (Lipinski definition) is 6. The van der Waals surface area contributed by atoms with Crippen LogP contribution in [0.25, 0.3) is 5.76 Å². The predicted molar refractivity (Wildman–Crippen MR) is 156 cm³/mol. The molecule has 40 heavy (non-hydrogen) atoms. The third-order valence-electron chi connectivity index (χ3n) is 7.12. The molecule has 7 nitrogen and oxygen atoms in total. The number of rotatable bonds is 13. The van der Waals surface area contributed by atoms with Gasteiger partial charge in [-0.1, -0.05) is 75.4 Å². The summed E-state index contributed by atoms with van der Waals surface area (Å²) in [5.74, 6) is -0.237. The van der Waals surface area contributed by atoms with Crippen LogP contribution in [-0.2, 0) is 16.2 Å². The number of aliphatic hydroxyl groups excluding tert-OH is 1. The second kappa shape index (κ2) is 13.8. The Bertz CT molecular complexity index is 1320. The number of aliphatic hydroxyl groups is 1. The van der Waals surface area contributed by atoms with Gasteiger partial charge in [0.2, 0.25) is 0 Å². The van der Waals surface area contributed by atoms with E-state index in [1.807, 2.05) is 61.5 Å². The van der Waals surface area contributed by atoms with Crippen molar-refractivity contribution in [2.75, 3.05) is 32.8 Å². The number of Topliss-reactive ketones (excluding diaryl/α,β-unsaturated/α-hetero) is 1. The number of carbonyl (C=O) groups excluding carboxylic acids is 2. The normalized spacial score (nSPS) is 16.5. The van der Waals surface area contributed by atoms with Crippen molar-refractivity contribution < 1.29 is 24.2 Å². The lowest BCUT2D eigenvalue weighted by Crippen LogP contribution is -2.38. The first-order valence-electron chi connectivity index (χ1n) is 14.0. The Kier molecular flexibility index (Phi) is 9.97.